The van der Waals surface area contributed by atoms with E-state index in [9.17, 15) is 18.3 Å². The zero-order chi connectivity index (χ0) is 29.1. The normalized spacial score (nSPS) is 16.5. The maximum absolute atomic E-state index is 12.8. The molecule has 0 bridgehead atoms. The maximum atomic E-state index is 12.8. The smallest absolute Gasteiger partial charge is 0.265 e. The summed E-state index contributed by atoms with van der Waals surface area (Å²) in [6.45, 7) is 0.317. The van der Waals surface area contributed by atoms with E-state index in [2.05, 4.69) is 9.71 Å². The Morgan fingerprint density at radius 3 is 2.57 bits per heavy atom. The van der Waals surface area contributed by atoms with E-state index in [1.165, 1.54) is 12.1 Å². The van der Waals surface area contributed by atoms with Crippen molar-refractivity contribution in [1.29, 1.82) is 0 Å². The van der Waals surface area contributed by atoms with Crippen LogP contribution < -0.4 is 9.46 Å². The SMILES string of the molecule is O=C(NS(=O)(=O)c1ccccc1)c1cccc(C[C@@H]2CCc3ccc(OCc4ccc5ccccc5n4)cc3[C@@H]2O)c1. The van der Waals surface area contributed by atoms with Gasteiger partial charge in [-0.25, -0.2) is 18.1 Å². The van der Waals surface area contributed by atoms with E-state index in [-0.39, 0.29) is 16.4 Å². The van der Waals surface area contributed by atoms with Crippen LogP contribution >= 0.6 is 0 Å². The Bertz CT molecular complexity index is 1860. The molecule has 0 aliphatic heterocycles. The number of carbonyl (C=O) groups is 1. The number of hydrogen-bond donors (Lipinski definition) is 2. The molecule has 1 aliphatic carbocycles. The summed E-state index contributed by atoms with van der Waals surface area (Å²) in [5.74, 6) is -0.0964. The molecule has 1 heterocycles. The predicted molar refractivity (Wildman–Crippen MR) is 161 cm³/mol. The molecule has 6 rings (SSSR count). The van der Waals surface area contributed by atoms with Crippen LogP contribution in [-0.2, 0) is 29.5 Å². The van der Waals surface area contributed by atoms with Gasteiger partial charge in [0.2, 0.25) is 0 Å². The van der Waals surface area contributed by atoms with Crippen LogP contribution in [0.1, 0.15) is 45.3 Å². The topological polar surface area (TPSA) is 106 Å². The van der Waals surface area contributed by atoms with E-state index < -0.39 is 22.0 Å². The number of nitrogens with zero attached hydrogens (tertiary/aromatic N) is 1. The van der Waals surface area contributed by atoms with E-state index in [4.69, 9.17) is 4.74 Å². The molecule has 8 heteroatoms. The van der Waals surface area contributed by atoms with Gasteiger partial charge in [0.25, 0.3) is 15.9 Å². The van der Waals surface area contributed by atoms with E-state index in [1.807, 2.05) is 60.7 Å². The Hall–Kier alpha value is -4.53. The Morgan fingerprint density at radius 2 is 1.71 bits per heavy atom. The van der Waals surface area contributed by atoms with E-state index in [0.29, 0.717) is 18.8 Å². The first-order chi connectivity index (χ1) is 20.4. The molecule has 7 nitrogen and oxygen atoms in total. The number of aryl methyl sites for hydroxylation is 1. The Kier molecular flexibility index (Phi) is 7.73. The monoisotopic (exact) mass is 578 g/mol. The molecule has 212 valence electrons. The first-order valence-corrected chi connectivity index (χ1v) is 15.3. The minimum atomic E-state index is -3.98. The average molecular weight is 579 g/mol. The highest BCUT2D eigenvalue weighted by atomic mass is 32.2. The van der Waals surface area contributed by atoms with Gasteiger partial charge in [-0.15, -0.1) is 0 Å². The van der Waals surface area contributed by atoms with Crippen LogP contribution in [0.5, 0.6) is 5.75 Å². The summed E-state index contributed by atoms with van der Waals surface area (Å²) in [5.41, 5.74) is 4.77. The van der Waals surface area contributed by atoms with Crippen LogP contribution in [-0.4, -0.2) is 24.4 Å². The molecule has 42 heavy (non-hydrogen) atoms. The highest BCUT2D eigenvalue weighted by molar-refractivity contribution is 7.90. The molecule has 2 atom stereocenters. The van der Waals surface area contributed by atoms with Crippen molar-refractivity contribution < 1.29 is 23.1 Å². The summed E-state index contributed by atoms with van der Waals surface area (Å²) in [6, 6.07) is 32.5. The van der Waals surface area contributed by atoms with Crippen LogP contribution in [0.2, 0.25) is 0 Å². The third kappa shape index (κ3) is 6.05. The highest BCUT2D eigenvalue weighted by Crippen LogP contribution is 2.38. The second-order valence-electron chi connectivity index (χ2n) is 10.5. The summed E-state index contributed by atoms with van der Waals surface area (Å²) in [7, 11) is -3.98. The number of fused-ring (bicyclic) bond motifs is 2. The maximum Gasteiger partial charge on any atom is 0.265 e. The summed E-state index contributed by atoms with van der Waals surface area (Å²) in [6.07, 6.45) is 1.44. The fraction of sp³-hybridized carbons (Fsp3) is 0.176. The van der Waals surface area contributed by atoms with E-state index in [1.54, 1.807) is 36.4 Å². The van der Waals surface area contributed by atoms with Crippen LogP contribution in [0.15, 0.2) is 114 Å². The number of aromatic nitrogens is 1. The number of nitrogens with one attached hydrogen (secondary N) is 1. The van der Waals surface area contributed by atoms with Crippen LogP contribution in [0.3, 0.4) is 0 Å². The molecule has 0 saturated carbocycles. The quantitative estimate of drug-likeness (QED) is 0.242. The average Bonchev–Trinajstić information content (AvgIpc) is 3.02. The van der Waals surface area contributed by atoms with Crippen molar-refractivity contribution >= 4 is 26.8 Å². The molecule has 4 aromatic carbocycles. The highest BCUT2D eigenvalue weighted by Gasteiger charge is 2.29. The van der Waals surface area contributed by atoms with Gasteiger partial charge in [0.05, 0.1) is 22.2 Å². The van der Waals surface area contributed by atoms with E-state index in [0.717, 1.165) is 46.1 Å². The fourth-order valence-electron chi connectivity index (χ4n) is 5.46. The van der Waals surface area contributed by atoms with Crippen molar-refractivity contribution in [3.63, 3.8) is 0 Å². The molecule has 0 unspecified atom stereocenters. The van der Waals surface area contributed by atoms with Gasteiger partial charge < -0.3 is 9.84 Å². The van der Waals surface area contributed by atoms with Crippen LogP contribution in [0, 0.1) is 5.92 Å². The zero-order valence-electron chi connectivity index (χ0n) is 22.8. The molecular weight excluding hydrogens is 548 g/mol. The lowest BCUT2D eigenvalue weighted by Gasteiger charge is -2.30. The number of rotatable bonds is 8. The van der Waals surface area contributed by atoms with Gasteiger partial charge >= 0.3 is 0 Å². The van der Waals surface area contributed by atoms with Crippen molar-refractivity contribution in [3.8, 4) is 5.75 Å². The molecule has 1 amide bonds. The first kappa shape index (κ1) is 27.6. The number of pyridine rings is 1. The molecule has 1 aromatic heterocycles. The minimum Gasteiger partial charge on any atom is -0.487 e. The van der Waals surface area contributed by atoms with Crippen LogP contribution in [0.4, 0.5) is 0 Å². The van der Waals surface area contributed by atoms with Crippen molar-refractivity contribution in [1.82, 2.24) is 9.71 Å². The van der Waals surface area contributed by atoms with Gasteiger partial charge in [-0.1, -0.05) is 60.7 Å². The fourth-order valence-corrected chi connectivity index (χ4v) is 6.46. The third-order valence-corrected chi connectivity index (χ3v) is 9.02. The molecule has 2 N–H and O–H groups in total. The number of carbonyl (C=O) groups excluding carboxylic acids is 1. The van der Waals surface area contributed by atoms with Gasteiger partial charge in [0.15, 0.2) is 0 Å². The number of aliphatic hydroxyl groups is 1. The van der Waals surface area contributed by atoms with Crippen molar-refractivity contribution in [3.05, 3.63) is 137 Å². The van der Waals surface area contributed by atoms with Gasteiger partial charge in [0, 0.05) is 10.9 Å². The van der Waals surface area contributed by atoms with Gasteiger partial charge in [0.1, 0.15) is 12.4 Å². The van der Waals surface area contributed by atoms with Crippen LogP contribution in [0.25, 0.3) is 10.9 Å². The van der Waals surface area contributed by atoms with Crippen molar-refractivity contribution in [2.24, 2.45) is 5.92 Å². The number of benzene rings is 4. The first-order valence-electron chi connectivity index (χ1n) is 13.9. The number of ether oxygens (including phenoxy) is 1. The lowest BCUT2D eigenvalue weighted by atomic mass is 9.78. The summed E-state index contributed by atoms with van der Waals surface area (Å²) >= 11 is 0. The third-order valence-electron chi connectivity index (χ3n) is 7.68. The molecule has 0 saturated heterocycles. The van der Waals surface area contributed by atoms with Gasteiger partial charge in [-0.05, 0) is 90.4 Å². The standard InChI is InChI=1S/C34H30N2O5S/c37-33-26(19-23-7-6-9-27(20-23)34(38)36-42(39,40)30-10-2-1-3-11-30)14-13-24-16-18-29(21-31(24)33)41-22-28-17-15-25-8-4-5-12-32(25)35-28/h1-12,15-18,20-21,26,33,37H,13-14,19,22H2,(H,36,38)/t26-,33+/m0/s1. The summed E-state index contributed by atoms with van der Waals surface area (Å²) in [4.78, 5) is 17.5. The molecule has 5 aromatic rings. The largest absolute Gasteiger partial charge is 0.487 e. The Balaban J connectivity index is 1.12. The molecule has 0 fully saturated rings. The summed E-state index contributed by atoms with van der Waals surface area (Å²) in [5, 5.41) is 12.4. The molecule has 1 aliphatic rings. The van der Waals surface area contributed by atoms with Gasteiger partial charge in [-0.3, -0.25) is 4.79 Å². The second kappa shape index (κ2) is 11.8. The van der Waals surface area contributed by atoms with Crippen molar-refractivity contribution in [2.75, 3.05) is 0 Å². The molecular formula is C34H30N2O5S. The van der Waals surface area contributed by atoms with Gasteiger partial charge in [-0.2, -0.15) is 0 Å². The number of para-hydroxylation sites is 1. The summed E-state index contributed by atoms with van der Waals surface area (Å²) < 4.78 is 33.4. The number of sulfonamides is 1. The predicted octanol–water partition coefficient (Wildman–Crippen LogP) is 5.77. The molecule has 0 radical (unpaired) electrons. The number of aliphatic hydroxyl groups excluding tert-OH is 1. The number of hydrogen-bond acceptors (Lipinski definition) is 6. The lowest BCUT2D eigenvalue weighted by Crippen LogP contribution is -2.30. The molecule has 0 spiro atoms. The Morgan fingerprint density at radius 1 is 0.905 bits per heavy atom. The zero-order valence-corrected chi connectivity index (χ0v) is 23.6. The lowest BCUT2D eigenvalue weighted by molar-refractivity contribution is 0.0932. The second-order valence-corrected chi connectivity index (χ2v) is 12.2. The Labute approximate surface area is 244 Å². The van der Waals surface area contributed by atoms with Crippen molar-refractivity contribution in [2.45, 2.75) is 36.9 Å². The van der Waals surface area contributed by atoms with E-state index >= 15 is 0 Å². The number of amides is 1. The minimum absolute atomic E-state index is 0.0235.